The van der Waals surface area contributed by atoms with Crippen LogP contribution in [-0.2, 0) is 4.79 Å². The average molecular weight is 554 g/mol. The normalized spacial score (nSPS) is 29.8. The number of halogens is 1. The van der Waals surface area contributed by atoms with Gasteiger partial charge in [0.2, 0.25) is 0 Å². The van der Waals surface area contributed by atoms with Gasteiger partial charge < -0.3 is 5.11 Å². The van der Waals surface area contributed by atoms with Crippen molar-refractivity contribution in [2.24, 2.45) is 23.7 Å². The number of thiophene rings is 1. The van der Waals surface area contributed by atoms with Gasteiger partial charge in [-0.05, 0) is 92.0 Å². The van der Waals surface area contributed by atoms with Crippen molar-refractivity contribution in [3.8, 4) is 22.3 Å². The molecule has 1 saturated heterocycles. The van der Waals surface area contributed by atoms with Gasteiger partial charge in [0, 0.05) is 34.5 Å². The first-order chi connectivity index (χ1) is 17.5. The van der Waals surface area contributed by atoms with Crippen molar-refractivity contribution in [1.29, 1.82) is 0 Å². The Kier molecular flexibility index (Phi) is 7.05. The third kappa shape index (κ3) is 4.70. The van der Waals surface area contributed by atoms with Crippen molar-refractivity contribution in [3.63, 3.8) is 0 Å². The van der Waals surface area contributed by atoms with Crippen LogP contribution in [0.2, 0.25) is 5.02 Å². The Morgan fingerprint density at radius 3 is 2.47 bits per heavy atom. The minimum absolute atomic E-state index is 0.0829. The topological polar surface area (TPSA) is 40.5 Å². The molecule has 186 valence electrons. The molecular formula is C29H28ClNO2S3. The fraction of sp³-hybridized carbons (Fsp3) is 0.448. The molecule has 36 heavy (non-hydrogen) atoms. The minimum Gasteiger partial charge on any atom is -0.396 e. The first-order valence-corrected chi connectivity index (χ1v) is 15.2. The van der Waals surface area contributed by atoms with E-state index in [1.165, 1.54) is 43.9 Å². The third-order valence-electron chi connectivity index (χ3n) is 8.11. The maximum atomic E-state index is 13.7. The molecule has 4 saturated carbocycles. The van der Waals surface area contributed by atoms with Gasteiger partial charge >= 0.3 is 0 Å². The second-order valence-corrected chi connectivity index (χ2v) is 13.7. The second-order valence-electron chi connectivity index (χ2n) is 10.5. The lowest BCUT2D eigenvalue weighted by Gasteiger charge is -2.56. The summed E-state index contributed by atoms with van der Waals surface area (Å²) in [5, 5.41) is 9.77. The summed E-state index contributed by atoms with van der Waals surface area (Å²) in [5.74, 6) is 9.50. The van der Waals surface area contributed by atoms with Gasteiger partial charge in [0.25, 0.3) is 5.91 Å². The number of carbonyl (C=O) groups excluding carboxylic acids is 1. The molecule has 2 aromatic rings. The van der Waals surface area contributed by atoms with E-state index in [1.54, 1.807) is 11.3 Å². The number of thioether (sulfide) groups is 1. The van der Waals surface area contributed by atoms with Crippen LogP contribution in [0.5, 0.6) is 0 Å². The fourth-order valence-electron chi connectivity index (χ4n) is 6.90. The molecule has 0 unspecified atom stereocenters. The maximum Gasteiger partial charge on any atom is 0.266 e. The van der Waals surface area contributed by atoms with Crippen LogP contribution < -0.4 is 0 Å². The van der Waals surface area contributed by atoms with E-state index in [2.05, 4.69) is 17.9 Å². The molecule has 1 amide bonds. The summed E-state index contributed by atoms with van der Waals surface area (Å²) >= 11 is 15.0. The summed E-state index contributed by atoms with van der Waals surface area (Å²) in [5.41, 5.74) is 1.99. The van der Waals surface area contributed by atoms with E-state index in [9.17, 15) is 4.79 Å². The summed E-state index contributed by atoms with van der Waals surface area (Å²) < 4.78 is 0.724. The van der Waals surface area contributed by atoms with Gasteiger partial charge in [-0.2, -0.15) is 0 Å². The number of benzene rings is 1. The summed E-state index contributed by atoms with van der Waals surface area (Å²) in [6.07, 6.45) is 9.76. The Morgan fingerprint density at radius 2 is 1.81 bits per heavy atom. The molecule has 4 aliphatic carbocycles. The molecule has 5 fully saturated rings. The van der Waals surface area contributed by atoms with Crippen molar-refractivity contribution in [3.05, 3.63) is 50.7 Å². The Labute approximate surface area is 231 Å². The van der Waals surface area contributed by atoms with Gasteiger partial charge in [0.1, 0.15) is 4.32 Å². The van der Waals surface area contributed by atoms with E-state index < -0.39 is 0 Å². The van der Waals surface area contributed by atoms with E-state index in [1.807, 2.05) is 35.2 Å². The summed E-state index contributed by atoms with van der Waals surface area (Å²) in [4.78, 5) is 18.4. The third-order valence-corrected chi connectivity index (χ3v) is 10.8. The van der Waals surface area contributed by atoms with Gasteiger partial charge in [0.15, 0.2) is 0 Å². The van der Waals surface area contributed by atoms with Crippen LogP contribution in [0.3, 0.4) is 0 Å². The van der Waals surface area contributed by atoms with E-state index in [-0.39, 0.29) is 18.6 Å². The first-order valence-electron chi connectivity index (χ1n) is 12.8. The lowest BCUT2D eigenvalue weighted by molar-refractivity contribution is -0.130. The summed E-state index contributed by atoms with van der Waals surface area (Å²) in [6, 6.07) is 10.1. The number of thiocarbonyl (C=S) groups is 1. The maximum absolute atomic E-state index is 13.7. The van der Waals surface area contributed by atoms with Crippen molar-refractivity contribution in [2.75, 3.05) is 6.61 Å². The number of aliphatic hydroxyl groups excluding tert-OH is 1. The highest BCUT2D eigenvalue weighted by Gasteiger charge is 2.53. The molecule has 0 atom stereocenters. The predicted octanol–water partition coefficient (Wildman–Crippen LogP) is 7.22. The molecule has 1 aliphatic heterocycles. The first kappa shape index (κ1) is 24.7. The molecule has 1 aromatic heterocycles. The molecule has 4 bridgehead atoms. The van der Waals surface area contributed by atoms with Crippen LogP contribution in [0.25, 0.3) is 16.5 Å². The number of amides is 1. The van der Waals surface area contributed by atoms with Crippen LogP contribution >= 0.6 is 46.9 Å². The van der Waals surface area contributed by atoms with E-state index in [0.717, 1.165) is 41.9 Å². The molecule has 5 aliphatic rings. The number of hydrogen-bond donors (Lipinski definition) is 1. The Balaban J connectivity index is 1.29. The summed E-state index contributed by atoms with van der Waals surface area (Å²) in [7, 11) is 0. The second kappa shape index (κ2) is 10.3. The molecule has 1 N–H and O–H groups in total. The van der Waals surface area contributed by atoms with Crippen molar-refractivity contribution >= 4 is 63.2 Å². The molecule has 1 aromatic carbocycles. The van der Waals surface area contributed by atoms with Gasteiger partial charge in [-0.25, -0.2) is 0 Å². The van der Waals surface area contributed by atoms with Crippen LogP contribution in [-0.4, -0.2) is 32.9 Å². The lowest BCUT2D eigenvalue weighted by Crippen LogP contribution is -2.57. The Morgan fingerprint density at radius 1 is 1.11 bits per heavy atom. The molecule has 7 heteroatoms. The van der Waals surface area contributed by atoms with Crippen LogP contribution in [0, 0.1) is 35.5 Å². The monoisotopic (exact) mass is 553 g/mol. The van der Waals surface area contributed by atoms with Gasteiger partial charge in [-0.3, -0.25) is 9.69 Å². The quantitative estimate of drug-likeness (QED) is 0.184. The molecule has 0 radical (unpaired) electrons. The smallest absolute Gasteiger partial charge is 0.266 e. The van der Waals surface area contributed by atoms with Crippen molar-refractivity contribution < 1.29 is 9.90 Å². The van der Waals surface area contributed by atoms with E-state index in [4.69, 9.17) is 28.9 Å². The van der Waals surface area contributed by atoms with Gasteiger partial charge in [-0.1, -0.05) is 59.6 Å². The standard InChI is InChI=1S/C29H28ClNO2S3/c30-23-7-5-19(6-8-23)27-20(4-2-1-3-9-32)15-24(35-27)16-25-28(33)31(29(34)36-25)26-21-11-17-10-18(13-21)14-22(26)12-17/h5-8,15-18,21-22,26,32H,1,3,9-14H2/b25-16-. The van der Waals surface area contributed by atoms with E-state index >= 15 is 0 Å². The highest BCUT2D eigenvalue weighted by Crippen LogP contribution is 2.56. The van der Waals surface area contributed by atoms with Crippen molar-refractivity contribution in [1.82, 2.24) is 4.90 Å². The minimum atomic E-state index is 0.0829. The Hall–Kier alpha value is -1.62. The number of aliphatic hydroxyl groups is 1. The highest BCUT2D eigenvalue weighted by atomic mass is 35.5. The lowest BCUT2D eigenvalue weighted by atomic mass is 9.54. The summed E-state index contributed by atoms with van der Waals surface area (Å²) in [6.45, 7) is 0.138. The van der Waals surface area contributed by atoms with Crippen LogP contribution in [0.15, 0.2) is 35.2 Å². The number of unbranched alkanes of at least 4 members (excludes halogenated alkanes) is 1. The number of rotatable bonds is 5. The zero-order chi connectivity index (χ0) is 24.8. The number of nitrogens with zero attached hydrogens (tertiary/aromatic N) is 1. The number of hydrogen-bond acceptors (Lipinski definition) is 5. The fourth-order valence-corrected chi connectivity index (χ4v) is 9.50. The number of carbonyl (C=O) groups is 1. The van der Waals surface area contributed by atoms with Crippen LogP contribution in [0.1, 0.15) is 55.4 Å². The molecule has 3 nitrogen and oxygen atoms in total. The SMILES string of the molecule is O=C1/C(=C/c2cc(C#CCCCO)c(-c3ccc(Cl)cc3)s2)SC(=S)N1C1C2CC3CC(C2)CC1C3. The highest BCUT2D eigenvalue weighted by molar-refractivity contribution is 8.26. The zero-order valence-electron chi connectivity index (χ0n) is 19.9. The molecule has 2 heterocycles. The Bertz CT molecular complexity index is 1260. The van der Waals surface area contributed by atoms with E-state index in [0.29, 0.717) is 29.7 Å². The molecular weight excluding hydrogens is 526 g/mol. The van der Waals surface area contributed by atoms with Crippen molar-refractivity contribution in [2.45, 2.75) is 51.0 Å². The predicted molar refractivity (Wildman–Crippen MR) is 154 cm³/mol. The van der Waals surface area contributed by atoms with Crippen LogP contribution in [0.4, 0.5) is 0 Å². The zero-order valence-corrected chi connectivity index (χ0v) is 23.1. The molecule has 7 rings (SSSR count). The average Bonchev–Trinajstić information content (AvgIpc) is 3.37. The van der Waals surface area contributed by atoms with Gasteiger partial charge in [0.05, 0.1) is 9.78 Å². The largest absolute Gasteiger partial charge is 0.396 e. The molecule has 0 spiro atoms. The van der Waals surface area contributed by atoms with Gasteiger partial charge in [-0.15, -0.1) is 11.3 Å².